The van der Waals surface area contributed by atoms with Gasteiger partial charge in [-0.2, -0.15) is 0 Å². The third-order valence-electron chi connectivity index (χ3n) is 11.3. The normalized spacial score (nSPS) is 20.3. The number of amides is 2. The largest absolute Gasteiger partial charge is 0.394 e. The Balaban J connectivity index is 1.24. The predicted octanol–water partition coefficient (Wildman–Crippen LogP) is -3.27. The summed E-state index contributed by atoms with van der Waals surface area (Å²) >= 11 is 0. The van der Waals surface area contributed by atoms with Gasteiger partial charge in [-0.25, -0.2) is 9.97 Å². The van der Waals surface area contributed by atoms with Gasteiger partial charge in [-0.3, -0.25) is 14.5 Å². The molecular formula is C38H59N9O12. The number of hydrogen-bond donors (Lipinski definition) is 13. The van der Waals surface area contributed by atoms with Crippen molar-refractivity contribution in [2.75, 3.05) is 73.3 Å². The van der Waals surface area contributed by atoms with Gasteiger partial charge >= 0.3 is 0 Å². The Hall–Kier alpha value is -4.26. The number of likely N-dealkylation sites (tertiary alicyclic amines) is 1. The summed E-state index contributed by atoms with van der Waals surface area (Å²) < 4.78 is 0. The molecule has 14 N–H and O–H groups in total. The van der Waals surface area contributed by atoms with E-state index in [0.717, 1.165) is 11.4 Å². The molecule has 1 fully saturated rings. The Morgan fingerprint density at radius 2 is 1.39 bits per heavy atom. The third kappa shape index (κ3) is 10.4. The van der Waals surface area contributed by atoms with Crippen LogP contribution in [0.4, 0.5) is 23.0 Å². The summed E-state index contributed by atoms with van der Waals surface area (Å²) in [5, 5.41) is 104. The van der Waals surface area contributed by atoms with E-state index in [1.807, 2.05) is 26.0 Å². The minimum absolute atomic E-state index is 0.100. The minimum atomic E-state index is -1.91. The lowest BCUT2D eigenvalue weighted by atomic mass is 9.97. The lowest BCUT2D eigenvalue weighted by molar-refractivity contribution is -0.134. The van der Waals surface area contributed by atoms with Gasteiger partial charge in [0.15, 0.2) is 17.3 Å². The highest BCUT2D eigenvalue weighted by Gasteiger charge is 2.39. The highest BCUT2D eigenvalue weighted by Crippen LogP contribution is 2.41. The van der Waals surface area contributed by atoms with Crippen molar-refractivity contribution in [2.45, 2.75) is 101 Å². The van der Waals surface area contributed by atoms with Crippen LogP contribution in [0.25, 0.3) is 11.2 Å². The van der Waals surface area contributed by atoms with Crippen molar-refractivity contribution < 1.29 is 60.7 Å². The Bertz CT molecular complexity index is 1820. The van der Waals surface area contributed by atoms with E-state index in [4.69, 9.17) is 5.73 Å². The molecule has 5 rings (SSSR count). The number of anilines is 4. The van der Waals surface area contributed by atoms with Gasteiger partial charge < -0.3 is 81.8 Å². The number of rotatable bonds is 20. The number of nitrogen functional groups attached to an aromatic ring is 1. The van der Waals surface area contributed by atoms with Gasteiger partial charge in [-0.1, -0.05) is 0 Å². The fourth-order valence-corrected chi connectivity index (χ4v) is 7.93. The second kappa shape index (κ2) is 20.3. The molecule has 2 aliphatic rings. The van der Waals surface area contributed by atoms with Crippen molar-refractivity contribution in [1.29, 1.82) is 0 Å². The average Bonchev–Trinajstić information content (AvgIpc) is 3.83. The van der Waals surface area contributed by atoms with Gasteiger partial charge in [0, 0.05) is 63.5 Å². The summed E-state index contributed by atoms with van der Waals surface area (Å²) in [6.45, 7) is 3.21. The molecule has 1 unspecified atom stereocenters. The number of hydrogen-bond acceptors (Lipinski definition) is 18. The molecular weight excluding hydrogens is 774 g/mol. The van der Waals surface area contributed by atoms with Crippen LogP contribution in [-0.2, 0) is 4.79 Å². The zero-order valence-corrected chi connectivity index (χ0v) is 33.2. The highest BCUT2D eigenvalue weighted by atomic mass is 16.4. The maximum absolute atomic E-state index is 14.0. The molecule has 1 aromatic carbocycles. The van der Waals surface area contributed by atoms with Crippen molar-refractivity contribution in [3.63, 3.8) is 0 Å². The maximum Gasteiger partial charge on any atom is 0.253 e. The van der Waals surface area contributed by atoms with E-state index in [0.29, 0.717) is 49.1 Å². The first kappa shape index (κ1) is 45.8. The molecule has 2 amide bonds. The number of nitrogens with zero attached hydrogens (tertiary/aromatic N) is 6. The van der Waals surface area contributed by atoms with Crippen LogP contribution in [0, 0.1) is 0 Å². The fourth-order valence-electron chi connectivity index (χ4n) is 7.93. The van der Waals surface area contributed by atoms with E-state index in [-0.39, 0.29) is 49.1 Å². The number of H-pyrrole nitrogens is 1. The van der Waals surface area contributed by atoms with Gasteiger partial charge in [-0.05, 0) is 57.4 Å². The average molecular weight is 834 g/mol. The number of aromatic nitrogens is 3. The van der Waals surface area contributed by atoms with E-state index >= 15 is 0 Å². The molecule has 0 saturated carbocycles. The molecule has 21 heteroatoms. The van der Waals surface area contributed by atoms with Crippen LogP contribution < -0.4 is 20.9 Å². The maximum atomic E-state index is 14.0. The van der Waals surface area contributed by atoms with E-state index in [9.17, 15) is 60.7 Å². The lowest BCUT2D eigenvalue weighted by Crippen LogP contribution is -2.56. The molecule has 2 aromatic heterocycles. The summed E-state index contributed by atoms with van der Waals surface area (Å²) in [7, 11) is 0. The topological polar surface area (TPSA) is 329 Å². The number of aliphatic hydroxyl groups is 10. The molecule has 9 atom stereocenters. The quantitative estimate of drug-likeness (QED) is 0.0531. The Labute approximate surface area is 340 Å². The number of aromatic amines is 1. The zero-order valence-electron chi connectivity index (χ0n) is 33.2. The number of carbonyl (C=O) groups excluding carboxylic acids is 2. The van der Waals surface area contributed by atoms with Crippen LogP contribution >= 0.6 is 0 Å². The van der Waals surface area contributed by atoms with Crippen LogP contribution in [0.15, 0.2) is 30.5 Å². The van der Waals surface area contributed by atoms with Crippen LogP contribution in [0.1, 0.15) is 49.9 Å². The number of carbonyl (C=O) groups is 2. The predicted molar refractivity (Wildman–Crippen MR) is 215 cm³/mol. The van der Waals surface area contributed by atoms with Crippen molar-refractivity contribution in [1.82, 2.24) is 24.8 Å². The Morgan fingerprint density at radius 1 is 0.831 bits per heavy atom. The van der Waals surface area contributed by atoms with Crippen LogP contribution in [0.3, 0.4) is 0 Å². The zero-order chi connectivity index (χ0) is 43.1. The van der Waals surface area contributed by atoms with E-state index in [1.165, 1.54) is 4.90 Å². The molecule has 4 heterocycles. The lowest BCUT2D eigenvalue weighted by Gasteiger charge is -2.41. The number of aliphatic hydroxyl groups excluding tert-OH is 10. The Morgan fingerprint density at radius 3 is 1.95 bits per heavy atom. The van der Waals surface area contributed by atoms with Crippen molar-refractivity contribution in [2.24, 2.45) is 0 Å². The highest BCUT2D eigenvalue weighted by molar-refractivity contribution is 5.97. The van der Waals surface area contributed by atoms with Crippen LogP contribution in [-0.4, -0.2) is 201 Å². The summed E-state index contributed by atoms with van der Waals surface area (Å²) in [4.78, 5) is 46.2. The fraction of sp³-hybridized carbons (Fsp3) is 0.632. The second-order valence-electron chi connectivity index (χ2n) is 15.1. The molecule has 2 aliphatic heterocycles. The summed E-state index contributed by atoms with van der Waals surface area (Å²) in [5.41, 5.74) is 9.34. The SMILES string of the molecule is CCN1c2ccc(C(=O)N3CCC(N(C[C@H](O)[C@@H](O)[C@H](O)[C@H](O)CO)C[C@H](O)[C@@H](O)[C@H](O)[C@H](O)CO)CC3)cc2N(CC)C1CCC(=O)Nc1nc2cc[nH]c2nc1N. The number of benzene rings is 1. The first-order chi connectivity index (χ1) is 28.1. The van der Waals surface area contributed by atoms with Crippen molar-refractivity contribution in [3.05, 3.63) is 36.0 Å². The van der Waals surface area contributed by atoms with Crippen molar-refractivity contribution >= 4 is 46.0 Å². The second-order valence-corrected chi connectivity index (χ2v) is 15.1. The molecule has 328 valence electrons. The van der Waals surface area contributed by atoms with Gasteiger partial charge in [-0.15, -0.1) is 0 Å². The van der Waals surface area contributed by atoms with Crippen LogP contribution in [0.5, 0.6) is 0 Å². The molecule has 3 aromatic rings. The van der Waals surface area contributed by atoms with Crippen LogP contribution in [0.2, 0.25) is 0 Å². The number of nitrogens with two attached hydrogens (primary N) is 1. The Kier molecular flexibility index (Phi) is 15.8. The molecule has 0 bridgehead atoms. The van der Waals surface area contributed by atoms with Gasteiger partial charge in [0.1, 0.15) is 48.3 Å². The first-order valence-electron chi connectivity index (χ1n) is 19.9. The molecule has 0 aliphatic carbocycles. The summed E-state index contributed by atoms with van der Waals surface area (Å²) in [6.07, 6.45) is -11.8. The standard InChI is InChI=1S/C38H59N9O12/c1-3-46-23-6-5-20(15-24(23)47(4-2)30(46)8-7-29(54)42-37-35(39)43-36-22(41-37)9-12-40-36)38(59)44-13-10-21(11-14-44)45(16-25(50)31(55)33(57)27(52)18-48)17-26(51)32(56)34(58)28(53)19-49/h5-6,9,12,15,21,25-28,30-34,48-53,55-58H,3-4,7-8,10-11,13-14,16-19H2,1-2H3,(H3,39,40,43)(H,41,42,54)/t25-,26-,27+,28+,30?,31+,32+,33+,34+/m0/s1. The van der Waals surface area contributed by atoms with E-state index in [1.54, 1.807) is 23.2 Å². The summed E-state index contributed by atoms with van der Waals surface area (Å²) in [5.74, 6) is -0.211. The number of fused-ring (bicyclic) bond motifs is 2. The molecule has 21 nitrogen and oxygen atoms in total. The van der Waals surface area contributed by atoms with Gasteiger partial charge in [0.25, 0.3) is 5.91 Å². The monoisotopic (exact) mass is 833 g/mol. The number of nitrogens with one attached hydrogen (secondary N) is 2. The summed E-state index contributed by atoms with van der Waals surface area (Å²) in [6, 6.07) is 6.79. The minimum Gasteiger partial charge on any atom is -0.394 e. The third-order valence-corrected chi connectivity index (χ3v) is 11.3. The smallest absolute Gasteiger partial charge is 0.253 e. The number of piperidine rings is 1. The van der Waals surface area contributed by atoms with Crippen molar-refractivity contribution in [3.8, 4) is 0 Å². The van der Waals surface area contributed by atoms with E-state index < -0.39 is 81.2 Å². The molecule has 1 saturated heterocycles. The molecule has 0 radical (unpaired) electrons. The first-order valence-corrected chi connectivity index (χ1v) is 19.9. The van der Waals surface area contributed by atoms with E-state index in [2.05, 4.69) is 30.1 Å². The molecule has 0 spiro atoms. The molecule has 59 heavy (non-hydrogen) atoms. The van der Waals surface area contributed by atoms with Gasteiger partial charge in [0.2, 0.25) is 5.91 Å². The van der Waals surface area contributed by atoms with Gasteiger partial charge in [0.05, 0.1) is 36.8 Å².